The molecule has 1 aromatic heterocycles. The maximum Gasteiger partial charge on any atom is 0.113 e. The summed E-state index contributed by atoms with van der Waals surface area (Å²) in [5.74, 6) is 0. The SMILES string of the molecule is CC1(C)CC(N)CN(c2ccc(C#N)c3nccnc23)C1. The molecule has 108 valence electrons. The minimum Gasteiger partial charge on any atom is -0.368 e. The Morgan fingerprint density at radius 2 is 2.00 bits per heavy atom. The lowest BCUT2D eigenvalue weighted by atomic mass is 9.81. The van der Waals surface area contributed by atoms with Gasteiger partial charge in [-0.25, -0.2) is 0 Å². The van der Waals surface area contributed by atoms with Crippen LogP contribution in [0.25, 0.3) is 11.0 Å². The second-order valence-corrected chi connectivity index (χ2v) is 6.51. The molecule has 0 saturated carbocycles. The van der Waals surface area contributed by atoms with Crippen LogP contribution in [0.2, 0.25) is 0 Å². The van der Waals surface area contributed by atoms with Gasteiger partial charge in [0.2, 0.25) is 0 Å². The lowest BCUT2D eigenvalue weighted by molar-refractivity contribution is 0.268. The number of hydrogen-bond acceptors (Lipinski definition) is 5. The molecule has 0 radical (unpaired) electrons. The van der Waals surface area contributed by atoms with Crippen molar-refractivity contribution in [2.45, 2.75) is 26.3 Å². The topological polar surface area (TPSA) is 78.8 Å². The number of aromatic nitrogens is 2. The molecule has 0 bridgehead atoms. The first kappa shape index (κ1) is 13.8. The van der Waals surface area contributed by atoms with Crippen molar-refractivity contribution in [3.8, 4) is 6.07 Å². The Morgan fingerprint density at radius 1 is 1.29 bits per heavy atom. The molecule has 1 aliphatic rings. The third-order valence-electron chi connectivity index (χ3n) is 3.95. The lowest BCUT2D eigenvalue weighted by Crippen LogP contribution is -2.50. The van der Waals surface area contributed by atoms with E-state index in [1.807, 2.05) is 12.1 Å². The Kier molecular flexibility index (Phi) is 3.26. The van der Waals surface area contributed by atoms with Crippen molar-refractivity contribution < 1.29 is 0 Å². The zero-order chi connectivity index (χ0) is 15.0. The van der Waals surface area contributed by atoms with Crippen LogP contribution in [0.4, 0.5) is 5.69 Å². The highest BCUT2D eigenvalue weighted by atomic mass is 15.2. The number of nitriles is 1. The fourth-order valence-electron chi connectivity index (χ4n) is 3.27. The van der Waals surface area contributed by atoms with Crippen molar-refractivity contribution in [3.05, 3.63) is 30.1 Å². The molecule has 21 heavy (non-hydrogen) atoms. The lowest BCUT2D eigenvalue weighted by Gasteiger charge is -2.42. The van der Waals surface area contributed by atoms with E-state index in [1.165, 1.54) is 0 Å². The van der Waals surface area contributed by atoms with Crippen LogP contribution in [0.15, 0.2) is 24.5 Å². The summed E-state index contributed by atoms with van der Waals surface area (Å²) < 4.78 is 0. The van der Waals surface area contributed by atoms with Gasteiger partial charge in [-0.1, -0.05) is 13.8 Å². The first-order valence-corrected chi connectivity index (χ1v) is 7.14. The molecular weight excluding hydrogens is 262 g/mol. The molecule has 0 aliphatic carbocycles. The second-order valence-electron chi connectivity index (χ2n) is 6.51. The van der Waals surface area contributed by atoms with Crippen molar-refractivity contribution in [2.24, 2.45) is 11.1 Å². The average Bonchev–Trinajstić information content (AvgIpc) is 2.44. The van der Waals surface area contributed by atoms with E-state index in [1.54, 1.807) is 12.4 Å². The molecule has 1 fully saturated rings. The quantitative estimate of drug-likeness (QED) is 0.865. The van der Waals surface area contributed by atoms with Crippen LogP contribution >= 0.6 is 0 Å². The Morgan fingerprint density at radius 3 is 2.67 bits per heavy atom. The van der Waals surface area contributed by atoms with Crippen molar-refractivity contribution >= 4 is 16.7 Å². The highest BCUT2D eigenvalue weighted by Gasteiger charge is 2.32. The summed E-state index contributed by atoms with van der Waals surface area (Å²) in [7, 11) is 0. The normalized spacial score (nSPS) is 21.2. The summed E-state index contributed by atoms with van der Waals surface area (Å²) in [5.41, 5.74) is 9.39. The van der Waals surface area contributed by atoms with E-state index < -0.39 is 0 Å². The molecule has 0 amide bonds. The van der Waals surface area contributed by atoms with Gasteiger partial charge in [-0.05, 0) is 24.0 Å². The van der Waals surface area contributed by atoms with Crippen LogP contribution in [0.1, 0.15) is 25.8 Å². The van der Waals surface area contributed by atoms with E-state index in [0.29, 0.717) is 11.1 Å². The number of benzene rings is 1. The van der Waals surface area contributed by atoms with E-state index in [2.05, 4.69) is 34.8 Å². The Hall–Kier alpha value is -2.19. The summed E-state index contributed by atoms with van der Waals surface area (Å²) in [4.78, 5) is 11.0. The zero-order valence-electron chi connectivity index (χ0n) is 12.4. The van der Waals surface area contributed by atoms with Gasteiger partial charge in [0.05, 0.1) is 11.3 Å². The van der Waals surface area contributed by atoms with Crippen molar-refractivity contribution in [2.75, 3.05) is 18.0 Å². The number of nitrogens with two attached hydrogens (primary N) is 1. The smallest absolute Gasteiger partial charge is 0.113 e. The first-order valence-electron chi connectivity index (χ1n) is 7.14. The van der Waals surface area contributed by atoms with Crippen molar-refractivity contribution in [3.63, 3.8) is 0 Å². The van der Waals surface area contributed by atoms with Gasteiger partial charge >= 0.3 is 0 Å². The van der Waals surface area contributed by atoms with Gasteiger partial charge in [-0.3, -0.25) is 9.97 Å². The number of rotatable bonds is 1. The fraction of sp³-hybridized carbons (Fsp3) is 0.438. The van der Waals surface area contributed by atoms with Crippen molar-refractivity contribution in [1.82, 2.24) is 9.97 Å². The first-order chi connectivity index (χ1) is 10.00. The van der Waals surface area contributed by atoms with Gasteiger partial charge in [0, 0.05) is 31.5 Å². The third-order valence-corrected chi connectivity index (χ3v) is 3.95. The maximum atomic E-state index is 9.21. The standard InChI is InChI=1S/C16H19N5/c1-16(2)7-12(18)9-21(10-16)13-4-3-11(8-17)14-15(13)20-6-5-19-14/h3-6,12H,7,9-10,18H2,1-2H3. The Labute approximate surface area is 124 Å². The highest BCUT2D eigenvalue weighted by molar-refractivity contribution is 5.92. The van der Waals surface area contributed by atoms with Crippen LogP contribution in [0.5, 0.6) is 0 Å². The number of nitrogens with zero attached hydrogens (tertiary/aromatic N) is 4. The summed E-state index contributed by atoms with van der Waals surface area (Å²) in [6.07, 6.45) is 4.31. The Bertz CT molecular complexity index is 716. The van der Waals surface area contributed by atoms with Gasteiger partial charge in [0.1, 0.15) is 17.1 Å². The summed E-state index contributed by atoms with van der Waals surface area (Å²) >= 11 is 0. The highest BCUT2D eigenvalue weighted by Crippen LogP contribution is 2.34. The maximum absolute atomic E-state index is 9.21. The van der Waals surface area contributed by atoms with E-state index in [4.69, 9.17) is 5.73 Å². The second kappa shape index (κ2) is 4.97. The van der Waals surface area contributed by atoms with Crippen LogP contribution in [-0.2, 0) is 0 Å². The summed E-state index contributed by atoms with van der Waals surface area (Å²) in [6.45, 7) is 6.20. The van der Waals surface area contributed by atoms with E-state index in [9.17, 15) is 5.26 Å². The molecule has 1 aromatic carbocycles. The summed E-state index contributed by atoms with van der Waals surface area (Å²) in [5, 5.41) is 9.21. The monoisotopic (exact) mass is 281 g/mol. The largest absolute Gasteiger partial charge is 0.368 e. The van der Waals surface area contributed by atoms with Crippen molar-refractivity contribution in [1.29, 1.82) is 5.26 Å². The number of hydrogen-bond donors (Lipinski definition) is 1. The van der Waals surface area contributed by atoms with Crippen LogP contribution in [-0.4, -0.2) is 29.1 Å². The third kappa shape index (κ3) is 2.55. The molecule has 1 unspecified atom stereocenters. The molecule has 2 aromatic rings. The predicted octanol–water partition coefficient (Wildman–Crippen LogP) is 2.07. The van der Waals surface area contributed by atoms with Gasteiger partial charge < -0.3 is 10.6 Å². The average molecular weight is 281 g/mol. The van der Waals surface area contributed by atoms with Gasteiger partial charge in [0.25, 0.3) is 0 Å². The molecule has 0 spiro atoms. The van der Waals surface area contributed by atoms with E-state index >= 15 is 0 Å². The molecule has 1 saturated heterocycles. The minimum atomic E-state index is 0.149. The fourth-order valence-corrected chi connectivity index (χ4v) is 3.27. The molecule has 2 heterocycles. The molecule has 5 nitrogen and oxygen atoms in total. The number of anilines is 1. The van der Waals surface area contributed by atoms with Gasteiger partial charge in [0.15, 0.2) is 0 Å². The zero-order valence-corrected chi connectivity index (χ0v) is 12.4. The molecule has 2 N–H and O–H groups in total. The molecule has 5 heteroatoms. The number of piperidine rings is 1. The van der Waals surface area contributed by atoms with Crippen LogP contribution < -0.4 is 10.6 Å². The van der Waals surface area contributed by atoms with Gasteiger partial charge in [-0.2, -0.15) is 5.26 Å². The molecule has 1 atom stereocenters. The predicted molar refractivity (Wildman–Crippen MR) is 82.8 cm³/mol. The number of fused-ring (bicyclic) bond motifs is 1. The molecule has 3 rings (SSSR count). The molecular formula is C16H19N5. The molecule has 1 aliphatic heterocycles. The van der Waals surface area contributed by atoms with Gasteiger partial charge in [-0.15, -0.1) is 0 Å². The Balaban J connectivity index is 2.11. The van der Waals surface area contributed by atoms with Crippen LogP contribution in [0, 0.1) is 16.7 Å². The minimum absolute atomic E-state index is 0.149. The van der Waals surface area contributed by atoms with E-state index in [-0.39, 0.29) is 11.5 Å². The van der Waals surface area contributed by atoms with Crippen LogP contribution in [0.3, 0.4) is 0 Å². The van der Waals surface area contributed by atoms with E-state index in [0.717, 1.165) is 30.7 Å². The summed E-state index contributed by atoms with van der Waals surface area (Å²) in [6, 6.07) is 6.11.